The predicted octanol–water partition coefficient (Wildman–Crippen LogP) is 3.10. The van der Waals surface area contributed by atoms with E-state index in [1.807, 2.05) is 0 Å². The van der Waals surface area contributed by atoms with Crippen molar-refractivity contribution in [2.75, 3.05) is 6.61 Å². The molecule has 21 heavy (non-hydrogen) atoms. The van der Waals surface area contributed by atoms with Gasteiger partial charge in [0.05, 0.1) is 6.61 Å². The third kappa shape index (κ3) is 5.14. The van der Waals surface area contributed by atoms with Crippen molar-refractivity contribution in [3.63, 3.8) is 0 Å². The van der Waals surface area contributed by atoms with Gasteiger partial charge in [0.15, 0.2) is 0 Å². The maximum atomic E-state index is 12.1. The molecule has 0 amide bonds. The molecule has 120 valence electrons. The summed E-state index contributed by atoms with van der Waals surface area (Å²) in [6.07, 6.45) is 6.92. The van der Waals surface area contributed by atoms with E-state index in [9.17, 15) is 14.4 Å². The van der Waals surface area contributed by atoms with Crippen molar-refractivity contribution in [1.29, 1.82) is 0 Å². The van der Waals surface area contributed by atoms with E-state index < -0.39 is 11.4 Å². The Kier molecular flexibility index (Phi) is 7.40. The number of carboxylic acids is 1. The maximum Gasteiger partial charge on any atom is 0.319 e. The Labute approximate surface area is 126 Å². The fourth-order valence-electron chi connectivity index (χ4n) is 3.01. The number of esters is 1. The zero-order valence-corrected chi connectivity index (χ0v) is 12.9. The number of carboxylic acid groups (broad SMARTS) is 1. The van der Waals surface area contributed by atoms with Crippen molar-refractivity contribution in [2.24, 2.45) is 5.41 Å². The number of unbranched alkanes of at least 4 members (excludes halogenated alkanes) is 4. The molecule has 0 bridgehead atoms. The van der Waals surface area contributed by atoms with Crippen LogP contribution in [-0.2, 0) is 19.1 Å². The summed E-state index contributed by atoms with van der Waals surface area (Å²) in [5, 5.41) is 8.55. The first-order chi connectivity index (χ1) is 10.0. The lowest BCUT2D eigenvalue weighted by Gasteiger charge is -2.24. The average Bonchev–Trinajstić information content (AvgIpc) is 2.80. The zero-order chi connectivity index (χ0) is 15.7. The minimum Gasteiger partial charge on any atom is -0.481 e. The van der Waals surface area contributed by atoms with Crippen molar-refractivity contribution in [1.82, 2.24) is 0 Å². The summed E-state index contributed by atoms with van der Waals surface area (Å²) in [5.74, 6) is -1.07. The largest absolute Gasteiger partial charge is 0.481 e. The van der Waals surface area contributed by atoms with Gasteiger partial charge >= 0.3 is 11.9 Å². The maximum absolute atomic E-state index is 12.1. The molecule has 0 aromatic heterocycles. The van der Waals surface area contributed by atoms with Gasteiger partial charge < -0.3 is 9.84 Å². The van der Waals surface area contributed by atoms with Gasteiger partial charge in [-0.2, -0.15) is 0 Å². The van der Waals surface area contributed by atoms with Gasteiger partial charge in [0.25, 0.3) is 0 Å². The van der Waals surface area contributed by atoms with Crippen molar-refractivity contribution < 1.29 is 24.2 Å². The normalized spacial score (nSPS) is 21.5. The van der Waals surface area contributed by atoms with Crippen LogP contribution >= 0.6 is 0 Å². The zero-order valence-electron chi connectivity index (χ0n) is 12.9. The molecular weight excluding hydrogens is 272 g/mol. The number of hydrogen-bond donors (Lipinski definition) is 1. The summed E-state index contributed by atoms with van der Waals surface area (Å²) >= 11 is 0. The minimum atomic E-state index is -0.892. The quantitative estimate of drug-likeness (QED) is 0.381. The van der Waals surface area contributed by atoms with Crippen LogP contribution in [0.3, 0.4) is 0 Å². The number of carbonyl (C=O) groups excluding carboxylic acids is 2. The van der Waals surface area contributed by atoms with E-state index in [2.05, 4.69) is 0 Å². The highest BCUT2D eigenvalue weighted by Crippen LogP contribution is 2.40. The van der Waals surface area contributed by atoms with Crippen molar-refractivity contribution >= 4 is 17.7 Å². The van der Waals surface area contributed by atoms with Crippen LogP contribution in [0.15, 0.2) is 0 Å². The molecule has 0 heterocycles. The van der Waals surface area contributed by atoms with Gasteiger partial charge in [-0.25, -0.2) is 0 Å². The number of Topliss-reactive ketones (excluding diaryl/α,β-unsaturated/α-hetero) is 1. The second-order valence-electron chi connectivity index (χ2n) is 5.74. The number of aliphatic carboxylic acids is 1. The first-order valence-electron chi connectivity index (χ1n) is 7.95. The molecule has 1 fully saturated rings. The minimum absolute atomic E-state index is 0.0341. The van der Waals surface area contributed by atoms with Crippen LogP contribution in [0.5, 0.6) is 0 Å². The van der Waals surface area contributed by atoms with E-state index in [0.717, 1.165) is 32.1 Å². The van der Waals surface area contributed by atoms with Crippen LogP contribution < -0.4 is 0 Å². The summed E-state index contributed by atoms with van der Waals surface area (Å²) in [7, 11) is 0. The highest BCUT2D eigenvalue weighted by atomic mass is 16.5. The molecule has 0 aliphatic heterocycles. The van der Waals surface area contributed by atoms with Gasteiger partial charge in [-0.15, -0.1) is 0 Å². The molecule has 0 aromatic carbocycles. The molecule has 1 atom stereocenters. The summed E-state index contributed by atoms with van der Waals surface area (Å²) < 4.78 is 5.10. The van der Waals surface area contributed by atoms with Gasteiger partial charge in [0, 0.05) is 12.8 Å². The Bertz CT molecular complexity index is 377. The van der Waals surface area contributed by atoms with Crippen molar-refractivity contribution in [3.8, 4) is 0 Å². The van der Waals surface area contributed by atoms with Crippen LogP contribution in [0.4, 0.5) is 0 Å². The second-order valence-corrected chi connectivity index (χ2v) is 5.74. The molecule has 0 spiro atoms. The first-order valence-corrected chi connectivity index (χ1v) is 7.95. The van der Waals surface area contributed by atoms with Gasteiger partial charge in [-0.3, -0.25) is 14.4 Å². The SMILES string of the molecule is CCOC(=O)C1(CCCCCCCC(=O)O)CCCC1=O. The summed E-state index contributed by atoms with van der Waals surface area (Å²) in [6, 6.07) is 0. The van der Waals surface area contributed by atoms with Gasteiger partial charge in [0.2, 0.25) is 0 Å². The molecule has 5 heteroatoms. The Balaban J connectivity index is 2.33. The summed E-state index contributed by atoms with van der Waals surface area (Å²) in [5.41, 5.74) is -0.892. The molecule has 1 N–H and O–H groups in total. The highest BCUT2D eigenvalue weighted by molar-refractivity contribution is 6.05. The van der Waals surface area contributed by atoms with Crippen LogP contribution in [-0.4, -0.2) is 29.4 Å². The Morgan fingerprint density at radius 1 is 1.19 bits per heavy atom. The molecule has 1 aliphatic rings. The fourth-order valence-corrected chi connectivity index (χ4v) is 3.01. The van der Waals surface area contributed by atoms with E-state index >= 15 is 0 Å². The van der Waals surface area contributed by atoms with Gasteiger partial charge in [-0.1, -0.05) is 25.7 Å². The fraction of sp³-hybridized carbons (Fsp3) is 0.812. The van der Waals surface area contributed by atoms with E-state index in [1.165, 1.54) is 0 Å². The van der Waals surface area contributed by atoms with E-state index in [0.29, 0.717) is 32.3 Å². The van der Waals surface area contributed by atoms with Gasteiger partial charge in [-0.05, 0) is 32.6 Å². The monoisotopic (exact) mass is 298 g/mol. The highest BCUT2D eigenvalue weighted by Gasteiger charge is 2.48. The lowest BCUT2D eigenvalue weighted by atomic mass is 9.80. The van der Waals surface area contributed by atoms with Crippen LogP contribution in [0, 0.1) is 5.41 Å². The lowest BCUT2D eigenvalue weighted by Crippen LogP contribution is -2.37. The number of ether oxygens (including phenoxy) is 1. The molecule has 5 nitrogen and oxygen atoms in total. The Hall–Kier alpha value is -1.39. The Morgan fingerprint density at radius 2 is 1.86 bits per heavy atom. The smallest absolute Gasteiger partial charge is 0.319 e. The van der Waals surface area contributed by atoms with Crippen LogP contribution in [0.2, 0.25) is 0 Å². The molecule has 1 unspecified atom stereocenters. The lowest BCUT2D eigenvalue weighted by molar-refractivity contribution is -0.159. The van der Waals surface area contributed by atoms with E-state index in [-0.39, 0.29) is 18.2 Å². The van der Waals surface area contributed by atoms with Gasteiger partial charge in [0.1, 0.15) is 11.2 Å². The number of ketones is 1. The number of carbonyl (C=O) groups is 3. The molecular formula is C16H26O5. The third-order valence-electron chi connectivity index (χ3n) is 4.20. The molecule has 1 rings (SSSR count). The summed E-state index contributed by atoms with van der Waals surface area (Å²) in [6.45, 7) is 2.07. The van der Waals surface area contributed by atoms with E-state index in [1.54, 1.807) is 6.92 Å². The van der Waals surface area contributed by atoms with Crippen molar-refractivity contribution in [3.05, 3.63) is 0 Å². The molecule has 0 radical (unpaired) electrons. The van der Waals surface area contributed by atoms with E-state index in [4.69, 9.17) is 9.84 Å². The van der Waals surface area contributed by atoms with Crippen molar-refractivity contribution in [2.45, 2.75) is 71.1 Å². The second kappa shape index (κ2) is 8.80. The molecule has 1 aliphatic carbocycles. The summed E-state index contributed by atoms with van der Waals surface area (Å²) in [4.78, 5) is 34.6. The predicted molar refractivity (Wildman–Crippen MR) is 77.9 cm³/mol. The first kappa shape index (κ1) is 17.7. The number of hydrogen-bond acceptors (Lipinski definition) is 4. The van der Waals surface area contributed by atoms with Crippen LogP contribution in [0.1, 0.15) is 71.1 Å². The standard InChI is InChI=1S/C16H26O5/c1-2-21-15(20)16(12-8-9-13(16)17)11-7-5-3-4-6-10-14(18)19/h2-12H2,1H3,(H,18,19). The number of rotatable bonds is 10. The third-order valence-corrected chi connectivity index (χ3v) is 4.20. The average molecular weight is 298 g/mol. The molecule has 0 aromatic rings. The topological polar surface area (TPSA) is 80.7 Å². The molecule has 0 saturated heterocycles. The Morgan fingerprint density at radius 3 is 2.43 bits per heavy atom. The molecule has 1 saturated carbocycles. The van der Waals surface area contributed by atoms with Crippen LogP contribution in [0.25, 0.3) is 0 Å².